The number of hydrogen-bond donors (Lipinski definition) is 2. The van der Waals surface area contributed by atoms with E-state index in [0.717, 1.165) is 25.3 Å². The van der Waals surface area contributed by atoms with Gasteiger partial charge in [-0.15, -0.1) is 0 Å². The van der Waals surface area contributed by atoms with Crippen LogP contribution < -0.4 is 10.6 Å². The van der Waals surface area contributed by atoms with Gasteiger partial charge in [-0.2, -0.15) is 0 Å². The lowest BCUT2D eigenvalue weighted by atomic mass is 9.98. The monoisotopic (exact) mass is 341 g/mol. The Hall–Kier alpha value is -2.60. The molecule has 25 heavy (non-hydrogen) atoms. The maximum Gasteiger partial charge on any atom is 0.309 e. The number of likely N-dealkylation sites (N-methyl/N-ethyl adjacent to an activating group) is 1. The minimum absolute atomic E-state index is 0.110. The summed E-state index contributed by atoms with van der Waals surface area (Å²) in [5, 5.41) is 5.23. The lowest BCUT2D eigenvalue weighted by molar-refractivity contribution is -0.139. The van der Waals surface area contributed by atoms with Crippen LogP contribution in [0, 0.1) is 0 Å². The molecule has 1 aromatic heterocycles. The molecule has 0 spiro atoms. The smallest absolute Gasteiger partial charge is 0.309 e. The molecular weight excluding hydrogens is 318 g/mol. The van der Waals surface area contributed by atoms with Gasteiger partial charge in [0.1, 0.15) is 5.76 Å². The van der Waals surface area contributed by atoms with Gasteiger partial charge in [0.2, 0.25) is 0 Å². The topological polar surface area (TPSA) is 74.6 Å². The zero-order valence-electron chi connectivity index (χ0n) is 14.3. The fourth-order valence-electron chi connectivity index (χ4n) is 3.18. The molecule has 6 nitrogen and oxygen atoms in total. The van der Waals surface area contributed by atoms with E-state index in [2.05, 4.69) is 33.7 Å². The standard InChI is InChI=1S/C19H23N3O3/c1-2-20-18(23)19(24)21-12-16(17-8-5-11-25-17)22-10-9-14-6-3-4-7-15(14)13-22/h3-8,11,16H,2,9-10,12-13H2,1H3,(H,20,23)(H,21,24)/t16-/m0/s1. The molecule has 0 bridgehead atoms. The third-order valence-electron chi connectivity index (χ3n) is 4.47. The predicted molar refractivity (Wildman–Crippen MR) is 93.7 cm³/mol. The normalized spacial score (nSPS) is 15.2. The van der Waals surface area contributed by atoms with Crippen LogP contribution in [0.5, 0.6) is 0 Å². The Morgan fingerprint density at radius 1 is 1.12 bits per heavy atom. The predicted octanol–water partition coefficient (Wildman–Crippen LogP) is 1.63. The molecular formula is C19H23N3O3. The second kappa shape index (κ2) is 7.98. The van der Waals surface area contributed by atoms with Gasteiger partial charge in [0, 0.05) is 26.2 Å². The first-order chi connectivity index (χ1) is 12.2. The van der Waals surface area contributed by atoms with Gasteiger partial charge in [0.05, 0.1) is 12.3 Å². The highest BCUT2D eigenvalue weighted by Gasteiger charge is 2.27. The molecule has 0 fully saturated rings. The first kappa shape index (κ1) is 17.2. The third-order valence-corrected chi connectivity index (χ3v) is 4.47. The molecule has 2 N–H and O–H groups in total. The Morgan fingerprint density at radius 3 is 2.60 bits per heavy atom. The molecule has 132 valence electrons. The summed E-state index contributed by atoms with van der Waals surface area (Å²) in [5.74, 6) is -0.434. The maximum absolute atomic E-state index is 11.9. The van der Waals surface area contributed by atoms with Gasteiger partial charge in [-0.1, -0.05) is 24.3 Å². The molecule has 2 amide bonds. The molecule has 0 unspecified atom stereocenters. The van der Waals surface area contributed by atoms with Gasteiger partial charge < -0.3 is 15.1 Å². The van der Waals surface area contributed by atoms with Crippen LogP contribution in [0.2, 0.25) is 0 Å². The summed E-state index contributed by atoms with van der Waals surface area (Å²) in [6.07, 6.45) is 2.59. The van der Waals surface area contributed by atoms with Gasteiger partial charge in [-0.25, -0.2) is 0 Å². The van der Waals surface area contributed by atoms with Gasteiger partial charge >= 0.3 is 11.8 Å². The number of amides is 2. The lowest BCUT2D eigenvalue weighted by Gasteiger charge is -2.34. The second-order valence-electron chi connectivity index (χ2n) is 6.09. The molecule has 1 aliphatic heterocycles. The fraction of sp³-hybridized carbons (Fsp3) is 0.368. The molecule has 0 aliphatic carbocycles. The zero-order chi connectivity index (χ0) is 17.6. The van der Waals surface area contributed by atoms with Gasteiger partial charge in [0.15, 0.2) is 0 Å². The Balaban J connectivity index is 1.71. The van der Waals surface area contributed by atoms with E-state index >= 15 is 0 Å². The summed E-state index contributed by atoms with van der Waals surface area (Å²) in [5.41, 5.74) is 2.66. The minimum atomic E-state index is -0.615. The van der Waals surface area contributed by atoms with E-state index in [1.165, 1.54) is 11.1 Å². The third kappa shape index (κ3) is 4.09. The van der Waals surface area contributed by atoms with Crippen molar-refractivity contribution in [3.05, 3.63) is 59.5 Å². The molecule has 1 aromatic carbocycles. The summed E-state index contributed by atoms with van der Waals surface area (Å²) in [4.78, 5) is 25.8. The largest absolute Gasteiger partial charge is 0.468 e. The summed E-state index contributed by atoms with van der Waals surface area (Å²) >= 11 is 0. The lowest BCUT2D eigenvalue weighted by Crippen LogP contribution is -2.45. The first-order valence-corrected chi connectivity index (χ1v) is 8.59. The average Bonchev–Trinajstić information content (AvgIpc) is 3.16. The van der Waals surface area contributed by atoms with Gasteiger partial charge in [-0.3, -0.25) is 14.5 Å². The Morgan fingerprint density at radius 2 is 1.88 bits per heavy atom. The number of carbonyl (C=O) groups excluding carboxylic acids is 2. The van der Waals surface area contributed by atoms with E-state index in [0.29, 0.717) is 13.1 Å². The second-order valence-corrected chi connectivity index (χ2v) is 6.09. The number of rotatable bonds is 5. The quantitative estimate of drug-likeness (QED) is 0.811. The molecule has 0 saturated heterocycles. The van der Waals surface area contributed by atoms with Crippen molar-refractivity contribution in [1.82, 2.24) is 15.5 Å². The van der Waals surface area contributed by atoms with Gasteiger partial charge in [0.25, 0.3) is 0 Å². The molecule has 1 aliphatic rings. The van der Waals surface area contributed by atoms with Gasteiger partial charge in [-0.05, 0) is 36.6 Å². The van der Waals surface area contributed by atoms with E-state index < -0.39 is 11.8 Å². The Bertz CT molecular complexity index is 727. The van der Waals surface area contributed by atoms with Crippen molar-refractivity contribution in [2.45, 2.75) is 25.9 Å². The number of hydrogen-bond acceptors (Lipinski definition) is 4. The van der Waals surface area contributed by atoms with E-state index in [9.17, 15) is 9.59 Å². The van der Waals surface area contributed by atoms with Crippen molar-refractivity contribution in [3.8, 4) is 0 Å². The van der Waals surface area contributed by atoms with Crippen molar-refractivity contribution in [2.75, 3.05) is 19.6 Å². The molecule has 1 atom stereocenters. The summed E-state index contributed by atoms with van der Waals surface area (Å²) in [6, 6.07) is 12.0. The Kier molecular flexibility index (Phi) is 5.50. The highest BCUT2D eigenvalue weighted by Crippen LogP contribution is 2.27. The maximum atomic E-state index is 11.9. The molecule has 0 saturated carbocycles. The van der Waals surface area contributed by atoms with E-state index in [4.69, 9.17) is 4.42 Å². The van der Waals surface area contributed by atoms with Crippen molar-refractivity contribution in [3.63, 3.8) is 0 Å². The molecule has 3 rings (SSSR count). The van der Waals surface area contributed by atoms with E-state index in [-0.39, 0.29) is 6.04 Å². The fourth-order valence-corrected chi connectivity index (χ4v) is 3.18. The summed E-state index contributed by atoms with van der Waals surface area (Å²) in [7, 11) is 0. The summed E-state index contributed by atoms with van der Waals surface area (Å²) < 4.78 is 5.58. The van der Waals surface area contributed by atoms with Crippen LogP contribution in [-0.4, -0.2) is 36.3 Å². The highest BCUT2D eigenvalue weighted by atomic mass is 16.3. The van der Waals surface area contributed by atoms with Crippen LogP contribution in [0.4, 0.5) is 0 Å². The van der Waals surface area contributed by atoms with Crippen molar-refractivity contribution < 1.29 is 14.0 Å². The molecule has 0 radical (unpaired) electrons. The Labute approximate surface area is 147 Å². The number of nitrogens with one attached hydrogen (secondary N) is 2. The molecule has 2 aromatic rings. The van der Waals surface area contributed by atoms with E-state index in [1.54, 1.807) is 13.2 Å². The van der Waals surface area contributed by atoms with Crippen LogP contribution in [-0.2, 0) is 22.6 Å². The molecule has 2 heterocycles. The zero-order valence-corrected chi connectivity index (χ0v) is 14.3. The van der Waals surface area contributed by atoms with Crippen LogP contribution in [0.1, 0.15) is 29.9 Å². The first-order valence-electron chi connectivity index (χ1n) is 8.59. The number of fused-ring (bicyclic) bond motifs is 1. The number of carbonyl (C=O) groups is 2. The van der Waals surface area contributed by atoms with E-state index in [1.807, 2.05) is 18.2 Å². The number of benzene rings is 1. The van der Waals surface area contributed by atoms with Crippen LogP contribution in [0.15, 0.2) is 47.1 Å². The SMILES string of the molecule is CCNC(=O)C(=O)NC[C@@H](c1ccco1)N1CCc2ccccc2C1. The van der Waals surface area contributed by atoms with Crippen molar-refractivity contribution in [2.24, 2.45) is 0 Å². The average molecular weight is 341 g/mol. The van der Waals surface area contributed by atoms with Crippen LogP contribution in [0.25, 0.3) is 0 Å². The van der Waals surface area contributed by atoms with Crippen molar-refractivity contribution in [1.29, 1.82) is 0 Å². The minimum Gasteiger partial charge on any atom is -0.468 e. The molecule has 6 heteroatoms. The van der Waals surface area contributed by atoms with Crippen LogP contribution in [0.3, 0.4) is 0 Å². The summed E-state index contributed by atoms with van der Waals surface area (Å²) in [6.45, 7) is 4.20. The van der Waals surface area contributed by atoms with Crippen molar-refractivity contribution >= 4 is 11.8 Å². The van der Waals surface area contributed by atoms with Crippen LogP contribution >= 0.6 is 0 Å². The highest BCUT2D eigenvalue weighted by molar-refractivity contribution is 6.35. The number of furan rings is 1. The number of nitrogens with zero attached hydrogens (tertiary/aromatic N) is 1.